The molecule has 0 fully saturated rings. The first-order chi connectivity index (χ1) is 16.1. The average Bonchev–Trinajstić information content (AvgIpc) is 3.39. The van der Waals surface area contributed by atoms with Crippen LogP contribution in [0, 0.1) is 5.82 Å². The maximum Gasteiger partial charge on any atom is 0.251 e. The van der Waals surface area contributed by atoms with Crippen LogP contribution in [0.15, 0.2) is 102 Å². The molecule has 0 bridgehead atoms. The fourth-order valence-corrected chi connectivity index (χ4v) is 4.41. The lowest BCUT2D eigenvalue weighted by Gasteiger charge is -2.22. The second-order valence-electron chi connectivity index (χ2n) is 7.57. The summed E-state index contributed by atoms with van der Waals surface area (Å²) in [5, 5.41) is 7.99. The number of halogens is 1. The van der Waals surface area contributed by atoms with Crippen molar-refractivity contribution in [3.05, 3.63) is 130 Å². The lowest BCUT2D eigenvalue weighted by Crippen LogP contribution is -2.35. The number of hydrogen-bond acceptors (Lipinski definition) is 3. The largest absolute Gasteiger partial charge is 0.345 e. The van der Waals surface area contributed by atoms with Crippen LogP contribution in [0.2, 0.25) is 0 Å². The molecule has 2 atom stereocenters. The predicted molar refractivity (Wildman–Crippen MR) is 128 cm³/mol. The van der Waals surface area contributed by atoms with E-state index in [1.165, 1.54) is 23.5 Å². The van der Waals surface area contributed by atoms with Gasteiger partial charge in [-0.15, -0.1) is 11.3 Å². The van der Waals surface area contributed by atoms with Crippen molar-refractivity contribution in [3.8, 4) is 0 Å². The zero-order valence-corrected chi connectivity index (χ0v) is 18.6. The highest BCUT2D eigenvalue weighted by molar-refractivity contribution is 7.10. The number of amides is 2. The van der Waals surface area contributed by atoms with Gasteiger partial charge in [0, 0.05) is 10.4 Å². The second kappa shape index (κ2) is 10.7. The van der Waals surface area contributed by atoms with Gasteiger partial charge in [0.1, 0.15) is 5.82 Å². The van der Waals surface area contributed by atoms with Gasteiger partial charge in [-0.1, -0.05) is 66.7 Å². The Morgan fingerprint density at radius 1 is 0.758 bits per heavy atom. The highest BCUT2D eigenvalue weighted by atomic mass is 32.1. The summed E-state index contributed by atoms with van der Waals surface area (Å²) in [6.45, 7) is 0. The van der Waals surface area contributed by atoms with Crippen LogP contribution in [0.3, 0.4) is 0 Å². The van der Waals surface area contributed by atoms with Gasteiger partial charge < -0.3 is 10.6 Å². The SMILES string of the molecule is O=C(CC(NC(=O)c1ccccc1)c1ccccc1)NC(c1ccc(F)cc1)c1cccs1. The number of hydrogen-bond donors (Lipinski definition) is 2. The molecule has 166 valence electrons. The van der Waals surface area contributed by atoms with E-state index < -0.39 is 12.1 Å². The molecule has 33 heavy (non-hydrogen) atoms. The average molecular weight is 459 g/mol. The molecule has 0 aliphatic carbocycles. The van der Waals surface area contributed by atoms with E-state index in [0.29, 0.717) is 5.56 Å². The molecule has 3 aromatic carbocycles. The Hall–Kier alpha value is -3.77. The van der Waals surface area contributed by atoms with Gasteiger partial charge in [-0.25, -0.2) is 4.39 Å². The summed E-state index contributed by atoms with van der Waals surface area (Å²) < 4.78 is 13.5. The van der Waals surface area contributed by atoms with E-state index in [9.17, 15) is 14.0 Å². The summed E-state index contributed by atoms with van der Waals surface area (Å²) in [4.78, 5) is 26.9. The highest BCUT2D eigenvalue weighted by Crippen LogP contribution is 2.27. The highest BCUT2D eigenvalue weighted by Gasteiger charge is 2.23. The van der Waals surface area contributed by atoms with Gasteiger partial charge in [0.15, 0.2) is 0 Å². The van der Waals surface area contributed by atoms with E-state index in [1.807, 2.05) is 53.9 Å². The molecule has 1 heterocycles. The van der Waals surface area contributed by atoms with Crippen LogP contribution in [0.25, 0.3) is 0 Å². The van der Waals surface area contributed by atoms with Crippen molar-refractivity contribution in [2.75, 3.05) is 0 Å². The molecule has 2 amide bonds. The van der Waals surface area contributed by atoms with Crippen molar-refractivity contribution >= 4 is 23.2 Å². The molecule has 4 nitrogen and oxygen atoms in total. The minimum absolute atomic E-state index is 0.0612. The number of rotatable bonds is 8. The number of carbonyl (C=O) groups is 2. The van der Waals surface area contributed by atoms with Crippen molar-refractivity contribution in [2.45, 2.75) is 18.5 Å². The number of nitrogens with one attached hydrogen (secondary N) is 2. The van der Waals surface area contributed by atoms with Crippen LogP contribution in [-0.4, -0.2) is 11.8 Å². The topological polar surface area (TPSA) is 58.2 Å². The first kappa shape index (κ1) is 22.4. The summed E-state index contributed by atoms with van der Waals surface area (Å²) >= 11 is 1.52. The minimum atomic E-state index is -0.504. The minimum Gasteiger partial charge on any atom is -0.345 e. The van der Waals surface area contributed by atoms with Crippen LogP contribution in [0.4, 0.5) is 4.39 Å². The van der Waals surface area contributed by atoms with Gasteiger partial charge in [-0.3, -0.25) is 9.59 Å². The van der Waals surface area contributed by atoms with Crippen molar-refractivity contribution in [3.63, 3.8) is 0 Å². The third kappa shape index (κ3) is 5.93. The predicted octanol–water partition coefficient (Wildman–Crippen LogP) is 5.65. The van der Waals surface area contributed by atoms with Gasteiger partial charge in [0.05, 0.1) is 18.5 Å². The Morgan fingerprint density at radius 3 is 2.06 bits per heavy atom. The zero-order valence-electron chi connectivity index (χ0n) is 17.8. The molecular weight excluding hydrogens is 435 g/mol. The maximum absolute atomic E-state index is 13.5. The smallest absolute Gasteiger partial charge is 0.251 e. The van der Waals surface area contributed by atoms with Crippen molar-refractivity contribution in [1.82, 2.24) is 10.6 Å². The van der Waals surface area contributed by atoms with Gasteiger partial charge in [0.2, 0.25) is 5.91 Å². The van der Waals surface area contributed by atoms with E-state index >= 15 is 0 Å². The molecule has 0 saturated heterocycles. The third-order valence-electron chi connectivity index (χ3n) is 5.27. The zero-order chi connectivity index (χ0) is 23.0. The molecule has 2 unspecified atom stereocenters. The second-order valence-corrected chi connectivity index (χ2v) is 8.55. The van der Waals surface area contributed by atoms with Gasteiger partial charge in [-0.05, 0) is 46.8 Å². The molecule has 0 aliphatic heterocycles. The molecule has 0 aliphatic rings. The molecule has 1 aromatic heterocycles. The van der Waals surface area contributed by atoms with Gasteiger partial charge in [0.25, 0.3) is 5.91 Å². The van der Waals surface area contributed by atoms with Gasteiger partial charge in [-0.2, -0.15) is 0 Å². The van der Waals surface area contributed by atoms with E-state index in [2.05, 4.69) is 10.6 Å². The summed E-state index contributed by atoms with van der Waals surface area (Å²) in [5.74, 6) is -0.798. The molecule has 4 rings (SSSR count). The molecule has 0 saturated carbocycles. The lowest BCUT2D eigenvalue weighted by molar-refractivity contribution is -0.122. The molecule has 2 N–H and O–H groups in total. The molecule has 6 heteroatoms. The third-order valence-corrected chi connectivity index (χ3v) is 6.21. The van der Waals surface area contributed by atoms with Crippen molar-refractivity contribution < 1.29 is 14.0 Å². The Morgan fingerprint density at radius 2 is 1.42 bits per heavy atom. The molecule has 0 spiro atoms. The van der Waals surface area contributed by atoms with Gasteiger partial charge >= 0.3 is 0 Å². The molecule has 4 aromatic rings. The Labute approximate surface area is 196 Å². The van der Waals surface area contributed by atoms with Crippen LogP contribution in [0.1, 0.15) is 44.9 Å². The summed E-state index contributed by atoms with van der Waals surface area (Å²) in [7, 11) is 0. The lowest BCUT2D eigenvalue weighted by atomic mass is 10.0. The van der Waals surface area contributed by atoms with Crippen molar-refractivity contribution in [2.24, 2.45) is 0 Å². The molecule has 0 radical (unpaired) electrons. The van der Waals surface area contributed by atoms with Crippen molar-refractivity contribution in [1.29, 1.82) is 0 Å². The Kier molecular flexibility index (Phi) is 7.27. The van der Waals surface area contributed by atoms with E-state index in [-0.39, 0.29) is 24.1 Å². The first-order valence-electron chi connectivity index (χ1n) is 10.6. The standard InChI is InChI=1S/C27H23FN2O2S/c28-22-15-13-20(14-16-22)26(24-12-7-17-33-24)30-25(31)18-23(19-8-3-1-4-9-19)29-27(32)21-10-5-2-6-11-21/h1-17,23,26H,18H2,(H,29,32)(H,30,31). The van der Waals surface area contributed by atoms with Crippen LogP contribution in [-0.2, 0) is 4.79 Å². The summed E-state index contributed by atoms with van der Waals surface area (Å²) in [5.41, 5.74) is 2.16. The van der Waals surface area contributed by atoms with E-state index in [1.54, 1.807) is 36.4 Å². The summed E-state index contributed by atoms with van der Waals surface area (Å²) in [6, 6.07) is 27.4. The number of thiophene rings is 1. The maximum atomic E-state index is 13.5. The Balaban J connectivity index is 1.54. The van der Waals surface area contributed by atoms with Crippen LogP contribution < -0.4 is 10.6 Å². The fourth-order valence-electron chi connectivity index (χ4n) is 3.60. The van der Waals surface area contributed by atoms with E-state index in [4.69, 9.17) is 0 Å². The van der Waals surface area contributed by atoms with Crippen LogP contribution in [0.5, 0.6) is 0 Å². The monoisotopic (exact) mass is 458 g/mol. The Bertz CT molecular complexity index is 1180. The summed E-state index contributed by atoms with van der Waals surface area (Å²) in [6.07, 6.45) is 0.0612. The van der Waals surface area contributed by atoms with Crippen LogP contribution >= 0.6 is 11.3 Å². The number of carbonyl (C=O) groups excluding carboxylic acids is 2. The quantitative estimate of drug-likeness (QED) is 0.358. The normalized spacial score (nSPS) is 12.5. The number of benzene rings is 3. The fraction of sp³-hybridized carbons (Fsp3) is 0.111. The molecular formula is C27H23FN2O2S. The van der Waals surface area contributed by atoms with E-state index in [0.717, 1.165) is 16.0 Å². The first-order valence-corrected chi connectivity index (χ1v) is 11.5.